The molecule has 0 amide bonds. The average Bonchev–Trinajstić information content (AvgIpc) is 3.04. The first-order valence-corrected chi connectivity index (χ1v) is 12.5. The van der Waals surface area contributed by atoms with Crippen LogP contribution in [0.2, 0.25) is 0 Å². The number of fused-ring (bicyclic) bond motifs is 5. The maximum atomic E-state index is 11.1. The molecule has 1 N–H and O–H groups in total. The standard InChI is InChI=1S/C28H40O2/c1-4-6-7-8-9-10-19-30-22-12-14-23-21(20-22)11-13-25-24(23)15-17-27(3)26(25)16-18-28(27,29)5-2/h2,12,14,20,24-26,29H,4,6-11,13,15-19H2,1,3H3/t24-,25-,26+,27?,28+/m1/s1. The molecule has 0 aromatic heterocycles. The molecule has 30 heavy (non-hydrogen) atoms. The number of terminal acetylenes is 1. The third-order valence-corrected chi connectivity index (χ3v) is 8.85. The molecule has 2 nitrogen and oxygen atoms in total. The van der Waals surface area contributed by atoms with Gasteiger partial charge in [-0.3, -0.25) is 0 Å². The Hall–Kier alpha value is -1.46. The average molecular weight is 409 g/mol. The van der Waals surface area contributed by atoms with E-state index < -0.39 is 5.60 Å². The summed E-state index contributed by atoms with van der Waals surface area (Å²) < 4.78 is 6.09. The zero-order chi connectivity index (χ0) is 21.2. The summed E-state index contributed by atoms with van der Waals surface area (Å²) >= 11 is 0. The maximum Gasteiger partial charge on any atom is 0.130 e. The van der Waals surface area contributed by atoms with Crippen LogP contribution < -0.4 is 4.74 Å². The van der Waals surface area contributed by atoms with E-state index in [4.69, 9.17) is 11.2 Å². The Morgan fingerprint density at radius 3 is 2.70 bits per heavy atom. The highest BCUT2D eigenvalue weighted by Gasteiger charge is 2.61. The first-order valence-electron chi connectivity index (χ1n) is 12.5. The minimum absolute atomic E-state index is 0.111. The smallest absolute Gasteiger partial charge is 0.130 e. The number of benzene rings is 1. The van der Waals surface area contributed by atoms with Gasteiger partial charge in [-0.15, -0.1) is 6.42 Å². The molecule has 1 aromatic carbocycles. The SMILES string of the molecule is C#C[C@]1(O)CC[C@H]2[C@@H]3CCc4cc(OCCCCCCCC)ccc4[C@H]3CCC21C. The summed E-state index contributed by atoms with van der Waals surface area (Å²) in [5, 5.41) is 11.1. The summed E-state index contributed by atoms with van der Waals surface area (Å²) in [5.74, 6) is 5.66. The highest BCUT2D eigenvalue weighted by Crippen LogP contribution is 2.64. The van der Waals surface area contributed by atoms with Crippen LogP contribution in [0, 0.1) is 29.6 Å². The predicted molar refractivity (Wildman–Crippen MR) is 124 cm³/mol. The Balaban J connectivity index is 1.38. The highest BCUT2D eigenvalue weighted by atomic mass is 16.5. The zero-order valence-electron chi connectivity index (χ0n) is 19.1. The van der Waals surface area contributed by atoms with E-state index in [2.05, 4.69) is 38.0 Å². The molecule has 5 atom stereocenters. The highest BCUT2D eigenvalue weighted by molar-refractivity contribution is 5.41. The molecule has 0 bridgehead atoms. The third kappa shape index (κ3) is 3.80. The van der Waals surface area contributed by atoms with Crippen molar-refractivity contribution >= 4 is 0 Å². The van der Waals surface area contributed by atoms with Crippen molar-refractivity contribution in [2.75, 3.05) is 6.61 Å². The Kier molecular flexibility index (Phi) is 6.50. The lowest BCUT2D eigenvalue weighted by molar-refractivity contribution is -0.0646. The van der Waals surface area contributed by atoms with Gasteiger partial charge in [0.15, 0.2) is 0 Å². The first-order chi connectivity index (χ1) is 14.5. The van der Waals surface area contributed by atoms with E-state index >= 15 is 0 Å². The van der Waals surface area contributed by atoms with Gasteiger partial charge in [-0.1, -0.05) is 57.9 Å². The Labute approximate surface area is 183 Å². The molecule has 3 aliphatic rings. The first kappa shape index (κ1) is 21.8. The van der Waals surface area contributed by atoms with Crippen LogP contribution in [0.25, 0.3) is 0 Å². The lowest BCUT2D eigenvalue weighted by Gasteiger charge is -2.52. The van der Waals surface area contributed by atoms with Gasteiger partial charge in [0.05, 0.1) is 6.61 Å². The van der Waals surface area contributed by atoms with E-state index in [9.17, 15) is 5.11 Å². The molecule has 164 valence electrons. The predicted octanol–water partition coefficient (Wildman–Crippen LogP) is 6.65. The van der Waals surface area contributed by atoms with Gasteiger partial charge in [0.2, 0.25) is 0 Å². The van der Waals surface area contributed by atoms with Gasteiger partial charge in [0, 0.05) is 5.41 Å². The van der Waals surface area contributed by atoms with Crippen LogP contribution in [-0.4, -0.2) is 17.3 Å². The number of ether oxygens (including phenoxy) is 1. The van der Waals surface area contributed by atoms with E-state index in [1.807, 2.05) is 0 Å². The molecular weight excluding hydrogens is 368 g/mol. The van der Waals surface area contributed by atoms with Gasteiger partial charge < -0.3 is 9.84 Å². The van der Waals surface area contributed by atoms with Crippen LogP contribution in [0.3, 0.4) is 0 Å². The van der Waals surface area contributed by atoms with Crippen molar-refractivity contribution in [2.45, 2.75) is 102 Å². The topological polar surface area (TPSA) is 29.5 Å². The van der Waals surface area contributed by atoms with Gasteiger partial charge >= 0.3 is 0 Å². The number of unbranched alkanes of at least 4 members (excludes halogenated alkanes) is 5. The normalized spacial score (nSPS) is 34.5. The van der Waals surface area contributed by atoms with Crippen molar-refractivity contribution in [1.82, 2.24) is 0 Å². The molecule has 0 heterocycles. The van der Waals surface area contributed by atoms with Crippen LogP contribution in [0.1, 0.15) is 102 Å². The van der Waals surface area contributed by atoms with Crippen molar-refractivity contribution in [1.29, 1.82) is 0 Å². The molecule has 0 saturated heterocycles. The second-order valence-electron chi connectivity index (χ2n) is 10.4. The zero-order valence-corrected chi connectivity index (χ0v) is 19.1. The largest absolute Gasteiger partial charge is 0.494 e. The monoisotopic (exact) mass is 408 g/mol. The van der Waals surface area contributed by atoms with E-state index in [1.165, 1.54) is 49.7 Å². The molecule has 3 aliphatic carbocycles. The van der Waals surface area contributed by atoms with Gasteiger partial charge in [0.25, 0.3) is 0 Å². The lowest BCUT2D eigenvalue weighted by atomic mass is 9.53. The van der Waals surface area contributed by atoms with Gasteiger partial charge in [-0.05, 0) is 86.0 Å². The molecule has 0 spiro atoms. The third-order valence-electron chi connectivity index (χ3n) is 8.85. The van der Waals surface area contributed by atoms with Crippen LogP contribution in [0.5, 0.6) is 5.75 Å². The molecule has 0 radical (unpaired) electrons. The number of hydrogen-bond donors (Lipinski definition) is 1. The van der Waals surface area contributed by atoms with E-state index in [0.29, 0.717) is 17.8 Å². The van der Waals surface area contributed by atoms with Crippen molar-refractivity contribution in [3.8, 4) is 18.1 Å². The fraction of sp³-hybridized carbons (Fsp3) is 0.714. The second kappa shape index (κ2) is 8.96. The van der Waals surface area contributed by atoms with E-state index in [0.717, 1.165) is 50.9 Å². The van der Waals surface area contributed by atoms with Gasteiger partial charge in [0.1, 0.15) is 11.4 Å². The number of aliphatic hydroxyl groups is 1. The van der Waals surface area contributed by atoms with Crippen molar-refractivity contribution < 1.29 is 9.84 Å². The maximum absolute atomic E-state index is 11.1. The molecule has 2 saturated carbocycles. The summed E-state index contributed by atoms with van der Waals surface area (Å²) in [6.07, 6.45) is 20.0. The van der Waals surface area contributed by atoms with E-state index in [1.54, 1.807) is 0 Å². The number of hydrogen-bond acceptors (Lipinski definition) is 2. The summed E-state index contributed by atoms with van der Waals surface area (Å²) in [6, 6.07) is 6.84. The molecule has 4 rings (SSSR count). The summed E-state index contributed by atoms with van der Waals surface area (Å²) in [5.41, 5.74) is 2.01. The van der Waals surface area contributed by atoms with Crippen LogP contribution >= 0.6 is 0 Å². The quantitative estimate of drug-likeness (QED) is 0.385. The van der Waals surface area contributed by atoms with Gasteiger partial charge in [-0.25, -0.2) is 0 Å². The molecule has 1 unspecified atom stereocenters. The minimum atomic E-state index is -0.906. The van der Waals surface area contributed by atoms with E-state index in [-0.39, 0.29) is 5.41 Å². The lowest BCUT2D eigenvalue weighted by Crippen LogP contribution is -2.50. The Morgan fingerprint density at radius 2 is 1.90 bits per heavy atom. The second-order valence-corrected chi connectivity index (χ2v) is 10.4. The van der Waals surface area contributed by atoms with Crippen LogP contribution in [-0.2, 0) is 6.42 Å². The fourth-order valence-corrected chi connectivity index (χ4v) is 6.97. The van der Waals surface area contributed by atoms with Gasteiger partial charge in [-0.2, -0.15) is 0 Å². The number of aryl methyl sites for hydroxylation is 1. The molecule has 1 aromatic rings. The van der Waals surface area contributed by atoms with Crippen molar-refractivity contribution in [2.24, 2.45) is 17.3 Å². The summed E-state index contributed by atoms with van der Waals surface area (Å²) in [7, 11) is 0. The molecule has 2 fully saturated rings. The minimum Gasteiger partial charge on any atom is -0.494 e. The van der Waals surface area contributed by atoms with Crippen molar-refractivity contribution in [3.05, 3.63) is 29.3 Å². The molecule has 2 heteroatoms. The summed E-state index contributed by atoms with van der Waals surface area (Å²) in [6.45, 7) is 5.36. The van der Waals surface area contributed by atoms with Crippen LogP contribution in [0.15, 0.2) is 18.2 Å². The Morgan fingerprint density at radius 1 is 1.10 bits per heavy atom. The fourth-order valence-electron chi connectivity index (χ4n) is 6.97. The molecular formula is C28H40O2. The summed E-state index contributed by atoms with van der Waals surface area (Å²) in [4.78, 5) is 0. The molecule has 0 aliphatic heterocycles. The van der Waals surface area contributed by atoms with Crippen LogP contribution in [0.4, 0.5) is 0 Å². The van der Waals surface area contributed by atoms with Crippen molar-refractivity contribution in [3.63, 3.8) is 0 Å². The Bertz CT molecular complexity index is 777. The number of rotatable bonds is 8.